The summed E-state index contributed by atoms with van der Waals surface area (Å²) in [6.45, 7) is 2.58. The van der Waals surface area contributed by atoms with Gasteiger partial charge in [-0.05, 0) is 58.7 Å². The Morgan fingerprint density at radius 2 is 1.96 bits per heavy atom. The molecule has 0 unspecified atom stereocenters. The molecule has 0 aromatic heterocycles. The molecule has 0 aliphatic carbocycles. The van der Waals surface area contributed by atoms with Crippen LogP contribution >= 0.6 is 15.9 Å². The molecule has 23 heavy (non-hydrogen) atoms. The van der Waals surface area contributed by atoms with Crippen LogP contribution in [0.4, 0.5) is 5.69 Å². The van der Waals surface area contributed by atoms with Crippen LogP contribution < -0.4 is 14.8 Å². The number of phenolic OH excluding ortho intramolecular Hbond substituents is 1. The van der Waals surface area contributed by atoms with Gasteiger partial charge in [0.25, 0.3) is 5.91 Å². The molecule has 0 saturated carbocycles. The van der Waals surface area contributed by atoms with E-state index in [1.165, 1.54) is 19.2 Å². The summed E-state index contributed by atoms with van der Waals surface area (Å²) in [5.74, 6) is 0.931. The Morgan fingerprint density at radius 1 is 1.26 bits per heavy atom. The first-order chi connectivity index (χ1) is 11.0. The molecule has 0 radical (unpaired) electrons. The lowest BCUT2D eigenvalue weighted by Gasteiger charge is -2.14. The van der Waals surface area contributed by atoms with E-state index in [9.17, 15) is 9.90 Å². The lowest BCUT2D eigenvalue weighted by molar-refractivity contribution is 0.102. The molecule has 0 aliphatic heterocycles. The molecule has 0 aliphatic rings. The maximum Gasteiger partial charge on any atom is 0.255 e. The molecule has 0 fully saturated rings. The van der Waals surface area contributed by atoms with Gasteiger partial charge in [0.15, 0.2) is 11.5 Å². The third-order valence-corrected chi connectivity index (χ3v) is 3.66. The number of ether oxygens (including phenoxy) is 2. The predicted octanol–water partition coefficient (Wildman–Crippen LogP) is 4.20. The molecule has 0 saturated heterocycles. The third kappa shape index (κ3) is 4.39. The molecule has 2 aromatic carbocycles. The monoisotopic (exact) mass is 379 g/mol. The van der Waals surface area contributed by atoms with Crippen molar-refractivity contribution in [3.05, 3.63) is 46.4 Å². The van der Waals surface area contributed by atoms with E-state index in [1.54, 1.807) is 24.3 Å². The lowest BCUT2D eigenvalue weighted by Crippen LogP contribution is -2.12. The minimum absolute atomic E-state index is 0.143. The van der Waals surface area contributed by atoms with Crippen molar-refractivity contribution < 1.29 is 19.4 Å². The van der Waals surface area contributed by atoms with Crippen molar-refractivity contribution in [3.63, 3.8) is 0 Å². The molecule has 0 heterocycles. The number of halogens is 1. The highest BCUT2D eigenvalue weighted by atomic mass is 79.9. The van der Waals surface area contributed by atoms with Gasteiger partial charge in [-0.1, -0.05) is 6.92 Å². The van der Waals surface area contributed by atoms with E-state index in [-0.39, 0.29) is 11.7 Å². The average Bonchev–Trinajstić information content (AvgIpc) is 2.55. The highest BCUT2D eigenvalue weighted by molar-refractivity contribution is 9.10. The Hall–Kier alpha value is -2.21. The van der Waals surface area contributed by atoms with Crippen molar-refractivity contribution >= 4 is 27.5 Å². The number of aromatic hydroxyl groups is 1. The zero-order valence-electron chi connectivity index (χ0n) is 12.9. The first kappa shape index (κ1) is 17.1. The van der Waals surface area contributed by atoms with Crippen LogP contribution in [0.5, 0.6) is 17.2 Å². The second-order valence-electron chi connectivity index (χ2n) is 4.84. The van der Waals surface area contributed by atoms with Crippen LogP contribution in [0, 0.1) is 0 Å². The Balaban J connectivity index is 2.23. The van der Waals surface area contributed by atoms with E-state index in [2.05, 4.69) is 21.2 Å². The van der Waals surface area contributed by atoms with Crippen molar-refractivity contribution in [3.8, 4) is 17.2 Å². The quantitative estimate of drug-likeness (QED) is 0.737. The summed E-state index contributed by atoms with van der Waals surface area (Å²) in [6, 6.07) is 9.58. The summed E-state index contributed by atoms with van der Waals surface area (Å²) in [7, 11) is 1.53. The van der Waals surface area contributed by atoms with E-state index in [1.807, 2.05) is 6.92 Å². The molecule has 2 N–H and O–H groups in total. The van der Waals surface area contributed by atoms with Crippen molar-refractivity contribution in [1.82, 2.24) is 0 Å². The molecule has 0 atom stereocenters. The summed E-state index contributed by atoms with van der Waals surface area (Å²) in [5, 5.41) is 12.0. The topological polar surface area (TPSA) is 67.8 Å². The Labute approximate surface area is 143 Å². The van der Waals surface area contributed by atoms with Gasteiger partial charge in [0, 0.05) is 11.3 Å². The lowest BCUT2D eigenvalue weighted by atomic mass is 10.1. The molecule has 2 rings (SSSR count). The van der Waals surface area contributed by atoms with E-state index in [4.69, 9.17) is 9.47 Å². The molecule has 0 bridgehead atoms. The predicted molar refractivity (Wildman–Crippen MR) is 92.5 cm³/mol. The summed E-state index contributed by atoms with van der Waals surface area (Å²) >= 11 is 3.41. The Kier molecular flexibility index (Phi) is 5.87. The number of methoxy groups -OCH3 is 1. The number of benzene rings is 2. The number of hydrogen-bond acceptors (Lipinski definition) is 4. The van der Waals surface area contributed by atoms with Crippen LogP contribution in [-0.4, -0.2) is 24.7 Å². The maximum atomic E-state index is 12.4. The number of carbonyl (C=O) groups is 1. The van der Waals surface area contributed by atoms with Gasteiger partial charge in [0.2, 0.25) is 0 Å². The van der Waals surface area contributed by atoms with Crippen molar-refractivity contribution in [1.29, 1.82) is 0 Å². The maximum absolute atomic E-state index is 12.4. The summed E-state index contributed by atoms with van der Waals surface area (Å²) in [6.07, 6.45) is 0.874. The second kappa shape index (κ2) is 7.87. The molecule has 2 aromatic rings. The number of amides is 1. The standard InChI is InChI=1S/C17H18BrNO4/c1-3-8-23-16-14(18)9-11(10-15(16)22-2)17(21)19-12-4-6-13(20)7-5-12/h4-7,9-10,20H,3,8H2,1-2H3,(H,19,21). The van der Waals surface area contributed by atoms with Crippen molar-refractivity contribution in [2.45, 2.75) is 13.3 Å². The van der Waals surface area contributed by atoms with Gasteiger partial charge in [-0.3, -0.25) is 4.79 Å². The van der Waals surface area contributed by atoms with Crippen LogP contribution in [0.2, 0.25) is 0 Å². The minimum Gasteiger partial charge on any atom is -0.508 e. The van der Waals surface area contributed by atoms with Crippen LogP contribution in [-0.2, 0) is 0 Å². The van der Waals surface area contributed by atoms with Gasteiger partial charge in [0.1, 0.15) is 5.75 Å². The van der Waals surface area contributed by atoms with Crippen molar-refractivity contribution in [2.24, 2.45) is 0 Å². The van der Waals surface area contributed by atoms with E-state index < -0.39 is 0 Å². The van der Waals surface area contributed by atoms with E-state index in [0.717, 1.165) is 6.42 Å². The summed E-state index contributed by atoms with van der Waals surface area (Å²) in [5.41, 5.74) is 1.03. The summed E-state index contributed by atoms with van der Waals surface area (Å²) in [4.78, 5) is 12.4. The fraction of sp³-hybridized carbons (Fsp3) is 0.235. The van der Waals surface area contributed by atoms with Crippen molar-refractivity contribution in [2.75, 3.05) is 19.0 Å². The molecule has 5 nitrogen and oxygen atoms in total. The van der Waals surface area contributed by atoms with Gasteiger partial charge in [-0.15, -0.1) is 0 Å². The fourth-order valence-corrected chi connectivity index (χ4v) is 2.50. The Bertz CT molecular complexity index is 686. The highest BCUT2D eigenvalue weighted by Gasteiger charge is 2.15. The number of rotatable bonds is 6. The fourth-order valence-electron chi connectivity index (χ4n) is 1.94. The molecular formula is C17H18BrNO4. The van der Waals surface area contributed by atoms with Crippen LogP contribution in [0.1, 0.15) is 23.7 Å². The van der Waals surface area contributed by atoms with Gasteiger partial charge < -0.3 is 19.9 Å². The number of anilines is 1. The second-order valence-corrected chi connectivity index (χ2v) is 5.69. The first-order valence-electron chi connectivity index (χ1n) is 7.16. The minimum atomic E-state index is -0.281. The first-order valence-corrected chi connectivity index (χ1v) is 7.95. The number of carbonyl (C=O) groups excluding carboxylic acids is 1. The third-order valence-electron chi connectivity index (χ3n) is 3.07. The van der Waals surface area contributed by atoms with Crippen LogP contribution in [0.3, 0.4) is 0 Å². The van der Waals surface area contributed by atoms with E-state index >= 15 is 0 Å². The molecule has 122 valence electrons. The van der Waals surface area contributed by atoms with Gasteiger partial charge in [0.05, 0.1) is 18.2 Å². The molecule has 0 spiro atoms. The summed E-state index contributed by atoms with van der Waals surface area (Å²) < 4.78 is 11.6. The normalized spacial score (nSPS) is 10.2. The smallest absolute Gasteiger partial charge is 0.255 e. The molecule has 6 heteroatoms. The van der Waals surface area contributed by atoms with Gasteiger partial charge >= 0.3 is 0 Å². The Morgan fingerprint density at radius 3 is 2.57 bits per heavy atom. The largest absolute Gasteiger partial charge is 0.508 e. The highest BCUT2D eigenvalue weighted by Crippen LogP contribution is 2.37. The number of hydrogen-bond donors (Lipinski definition) is 2. The van der Waals surface area contributed by atoms with Gasteiger partial charge in [-0.25, -0.2) is 0 Å². The number of nitrogens with one attached hydrogen (secondary N) is 1. The molecular weight excluding hydrogens is 362 g/mol. The van der Waals surface area contributed by atoms with Crippen LogP contribution in [0.25, 0.3) is 0 Å². The van der Waals surface area contributed by atoms with Gasteiger partial charge in [-0.2, -0.15) is 0 Å². The molecule has 1 amide bonds. The average molecular weight is 380 g/mol. The zero-order valence-corrected chi connectivity index (χ0v) is 14.5. The SMILES string of the molecule is CCCOc1c(Br)cc(C(=O)Nc2ccc(O)cc2)cc1OC. The zero-order chi connectivity index (χ0) is 16.8. The van der Waals surface area contributed by atoms with Crippen LogP contribution in [0.15, 0.2) is 40.9 Å². The number of phenols is 1. The van der Waals surface area contributed by atoms with E-state index in [0.29, 0.717) is 33.8 Å².